The molecule has 1 aromatic heterocycles. The maximum atomic E-state index is 11.2. The predicted molar refractivity (Wildman–Crippen MR) is 96.6 cm³/mol. The molecule has 2 N–H and O–H groups in total. The molecule has 1 fully saturated rings. The van der Waals surface area contributed by atoms with Gasteiger partial charge < -0.3 is 19.7 Å². The van der Waals surface area contributed by atoms with Crippen LogP contribution in [-0.4, -0.2) is 22.2 Å². The first kappa shape index (κ1) is 17.2. The van der Waals surface area contributed by atoms with Crippen LogP contribution >= 0.6 is 0 Å². The van der Waals surface area contributed by atoms with Gasteiger partial charge in [-0.05, 0) is 42.7 Å². The van der Waals surface area contributed by atoms with Crippen LogP contribution in [0.1, 0.15) is 30.4 Å². The van der Waals surface area contributed by atoms with Crippen molar-refractivity contribution >= 4 is 5.91 Å². The third-order valence-electron chi connectivity index (χ3n) is 4.41. The monoisotopic (exact) mass is 365 g/mol. The van der Waals surface area contributed by atoms with Crippen LogP contribution in [-0.2, 0) is 16.1 Å². The lowest BCUT2D eigenvalue weighted by Gasteiger charge is -2.07. The topological polar surface area (TPSA) is 100 Å². The van der Waals surface area contributed by atoms with Crippen molar-refractivity contribution in [1.29, 1.82) is 0 Å². The molecule has 0 aliphatic carbocycles. The molecule has 0 saturated carbocycles. The standard InChI is InChI=1S/C20H19N3O4/c21-18(24)16-10-11-17(26-16)20-22-19(23-27-20)14-6-8-15(9-7-14)25-12-13-4-2-1-3-5-13/h1-9,16-17H,10-12H2,(H2,21,24)/t16-,17+/m0/s1. The minimum atomic E-state index is -0.591. The molecule has 1 saturated heterocycles. The molecule has 0 spiro atoms. The van der Waals surface area contributed by atoms with E-state index in [-0.39, 0.29) is 0 Å². The second-order valence-electron chi connectivity index (χ2n) is 6.35. The second kappa shape index (κ2) is 7.59. The van der Waals surface area contributed by atoms with Crippen molar-refractivity contribution in [1.82, 2.24) is 10.1 Å². The molecule has 4 rings (SSSR count). The van der Waals surface area contributed by atoms with Gasteiger partial charge >= 0.3 is 0 Å². The van der Waals surface area contributed by atoms with Gasteiger partial charge in [0.15, 0.2) is 0 Å². The van der Waals surface area contributed by atoms with E-state index < -0.39 is 18.1 Å². The van der Waals surface area contributed by atoms with Crippen LogP contribution in [0.4, 0.5) is 0 Å². The Morgan fingerprint density at radius 2 is 1.89 bits per heavy atom. The van der Waals surface area contributed by atoms with Crippen molar-refractivity contribution in [2.45, 2.75) is 31.7 Å². The van der Waals surface area contributed by atoms with Crippen molar-refractivity contribution in [3.63, 3.8) is 0 Å². The van der Waals surface area contributed by atoms with E-state index in [2.05, 4.69) is 10.1 Å². The maximum Gasteiger partial charge on any atom is 0.256 e. The number of carbonyl (C=O) groups excluding carboxylic acids is 1. The molecule has 7 nitrogen and oxygen atoms in total. The van der Waals surface area contributed by atoms with Gasteiger partial charge in [0.2, 0.25) is 11.7 Å². The smallest absolute Gasteiger partial charge is 0.256 e. The first-order valence-corrected chi connectivity index (χ1v) is 8.74. The lowest BCUT2D eigenvalue weighted by Crippen LogP contribution is -2.27. The number of rotatable bonds is 6. The molecular weight excluding hydrogens is 346 g/mol. The van der Waals surface area contributed by atoms with Crippen LogP contribution in [0.25, 0.3) is 11.4 Å². The maximum absolute atomic E-state index is 11.2. The third-order valence-corrected chi connectivity index (χ3v) is 4.41. The van der Waals surface area contributed by atoms with E-state index in [0.29, 0.717) is 31.2 Å². The van der Waals surface area contributed by atoms with E-state index in [1.807, 2.05) is 54.6 Å². The Bertz CT molecular complexity index is 908. The minimum Gasteiger partial charge on any atom is -0.489 e. The van der Waals surface area contributed by atoms with Gasteiger partial charge in [-0.3, -0.25) is 4.79 Å². The molecular formula is C20H19N3O4. The summed E-state index contributed by atoms with van der Waals surface area (Å²) in [7, 11) is 0. The van der Waals surface area contributed by atoms with Gasteiger partial charge in [0.25, 0.3) is 5.89 Å². The molecule has 1 amide bonds. The van der Waals surface area contributed by atoms with Crippen molar-refractivity contribution in [3.8, 4) is 17.1 Å². The van der Waals surface area contributed by atoms with Gasteiger partial charge in [0.05, 0.1) is 0 Å². The third kappa shape index (κ3) is 3.98. The highest BCUT2D eigenvalue weighted by atomic mass is 16.5. The summed E-state index contributed by atoms with van der Waals surface area (Å²) in [5.74, 6) is 1.11. The summed E-state index contributed by atoms with van der Waals surface area (Å²) in [6, 6.07) is 17.4. The number of nitrogens with zero attached hydrogens (tertiary/aromatic N) is 2. The summed E-state index contributed by atoms with van der Waals surface area (Å²) in [5, 5.41) is 4.00. The van der Waals surface area contributed by atoms with Gasteiger partial charge in [0.1, 0.15) is 24.6 Å². The van der Waals surface area contributed by atoms with Gasteiger partial charge in [-0.1, -0.05) is 35.5 Å². The highest BCUT2D eigenvalue weighted by molar-refractivity contribution is 5.79. The second-order valence-corrected chi connectivity index (χ2v) is 6.35. The number of amides is 1. The predicted octanol–water partition coefficient (Wildman–Crippen LogP) is 3.02. The Kier molecular flexibility index (Phi) is 4.84. The number of hydrogen-bond donors (Lipinski definition) is 1. The van der Waals surface area contributed by atoms with Crippen LogP contribution in [0.3, 0.4) is 0 Å². The number of hydrogen-bond acceptors (Lipinski definition) is 6. The molecule has 7 heteroatoms. The van der Waals surface area contributed by atoms with Gasteiger partial charge in [-0.15, -0.1) is 0 Å². The van der Waals surface area contributed by atoms with E-state index in [0.717, 1.165) is 16.9 Å². The number of nitrogens with two attached hydrogens (primary N) is 1. The molecule has 1 aliphatic rings. The molecule has 0 unspecified atom stereocenters. The number of carbonyl (C=O) groups is 1. The van der Waals surface area contributed by atoms with Gasteiger partial charge in [0, 0.05) is 5.56 Å². The summed E-state index contributed by atoms with van der Waals surface area (Å²) >= 11 is 0. The van der Waals surface area contributed by atoms with E-state index in [1.165, 1.54) is 0 Å². The van der Waals surface area contributed by atoms with E-state index in [9.17, 15) is 4.79 Å². The van der Waals surface area contributed by atoms with E-state index in [1.54, 1.807) is 0 Å². The van der Waals surface area contributed by atoms with Crippen LogP contribution in [0, 0.1) is 0 Å². The van der Waals surface area contributed by atoms with Crippen molar-refractivity contribution < 1.29 is 18.8 Å². The first-order chi connectivity index (χ1) is 13.2. The number of ether oxygens (including phenoxy) is 2. The lowest BCUT2D eigenvalue weighted by molar-refractivity contribution is -0.129. The summed E-state index contributed by atoms with van der Waals surface area (Å²) in [4.78, 5) is 15.6. The van der Waals surface area contributed by atoms with Crippen LogP contribution in [0.15, 0.2) is 59.1 Å². The van der Waals surface area contributed by atoms with E-state index in [4.69, 9.17) is 19.7 Å². The van der Waals surface area contributed by atoms with Gasteiger partial charge in [-0.25, -0.2) is 0 Å². The quantitative estimate of drug-likeness (QED) is 0.721. The fraction of sp³-hybridized carbons (Fsp3) is 0.250. The Labute approximate surface area is 156 Å². The molecule has 2 aromatic carbocycles. The normalized spacial score (nSPS) is 19.1. The summed E-state index contributed by atoms with van der Waals surface area (Å²) in [5.41, 5.74) is 7.18. The van der Waals surface area contributed by atoms with Crippen LogP contribution < -0.4 is 10.5 Å². The molecule has 27 heavy (non-hydrogen) atoms. The summed E-state index contributed by atoms with van der Waals surface area (Å²) < 4.78 is 16.6. The summed E-state index contributed by atoms with van der Waals surface area (Å²) in [6.07, 6.45) is 0.204. The van der Waals surface area contributed by atoms with Crippen molar-refractivity contribution in [3.05, 3.63) is 66.1 Å². The summed E-state index contributed by atoms with van der Waals surface area (Å²) in [6.45, 7) is 0.507. The molecule has 2 atom stereocenters. The molecule has 1 aliphatic heterocycles. The zero-order valence-electron chi connectivity index (χ0n) is 14.6. The molecule has 0 bridgehead atoms. The minimum absolute atomic E-state index is 0.359. The highest BCUT2D eigenvalue weighted by Crippen LogP contribution is 2.32. The highest BCUT2D eigenvalue weighted by Gasteiger charge is 2.33. The average molecular weight is 365 g/mol. The van der Waals surface area contributed by atoms with Gasteiger partial charge in [-0.2, -0.15) is 4.98 Å². The average Bonchev–Trinajstić information content (AvgIpc) is 3.37. The SMILES string of the molecule is NC(=O)[C@@H]1CC[C@H](c2nc(-c3ccc(OCc4ccccc4)cc3)no2)O1. The van der Waals surface area contributed by atoms with E-state index >= 15 is 0 Å². The zero-order chi connectivity index (χ0) is 18.6. The molecule has 2 heterocycles. The van der Waals surface area contributed by atoms with Crippen molar-refractivity contribution in [2.24, 2.45) is 5.73 Å². The number of aromatic nitrogens is 2. The van der Waals surface area contributed by atoms with Crippen molar-refractivity contribution in [2.75, 3.05) is 0 Å². The Morgan fingerprint density at radius 1 is 1.11 bits per heavy atom. The Hall–Kier alpha value is -3.19. The number of benzene rings is 2. The largest absolute Gasteiger partial charge is 0.489 e. The van der Waals surface area contributed by atoms with Crippen LogP contribution in [0.2, 0.25) is 0 Å². The Balaban J connectivity index is 1.39. The molecule has 138 valence electrons. The number of primary amides is 1. The molecule has 3 aromatic rings. The zero-order valence-corrected chi connectivity index (χ0v) is 14.6. The first-order valence-electron chi connectivity index (χ1n) is 8.74. The fourth-order valence-corrected chi connectivity index (χ4v) is 2.95. The Morgan fingerprint density at radius 3 is 2.59 bits per heavy atom. The lowest BCUT2D eigenvalue weighted by atomic mass is 10.2. The fourth-order valence-electron chi connectivity index (χ4n) is 2.95. The molecule has 0 radical (unpaired) electrons. The van der Waals surface area contributed by atoms with Crippen LogP contribution in [0.5, 0.6) is 5.75 Å².